The summed E-state index contributed by atoms with van der Waals surface area (Å²) in [6.45, 7) is 5.29. The van der Waals surface area contributed by atoms with Gasteiger partial charge in [-0.2, -0.15) is 0 Å². The molecule has 0 saturated carbocycles. The Labute approximate surface area is 97.9 Å². The molecular formula is C12H26O4. The molecule has 4 nitrogen and oxygen atoms in total. The number of rotatable bonds is 8. The fraction of sp³-hybridized carbons (Fsp3) is 1.00. The van der Waals surface area contributed by atoms with Gasteiger partial charge in [0.2, 0.25) is 0 Å². The Balaban J connectivity index is 3.78. The molecule has 0 saturated heterocycles. The van der Waals surface area contributed by atoms with Crippen LogP contribution in [-0.4, -0.2) is 44.8 Å². The van der Waals surface area contributed by atoms with Crippen LogP contribution in [0.3, 0.4) is 0 Å². The van der Waals surface area contributed by atoms with E-state index in [1.807, 2.05) is 6.92 Å². The molecule has 0 aromatic rings. The lowest BCUT2D eigenvalue weighted by molar-refractivity contribution is 0.0115. The Hall–Kier alpha value is -0.160. The highest BCUT2D eigenvalue weighted by atomic mass is 16.3. The second-order valence-electron chi connectivity index (χ2n) is 4.70. The smallest absolute Gasteiger partial charge is 0.0591 e. The van der Waals surface area contributed by atoms with Crippen molar-refractivity contribution in [2.75, 3.05) is 0 Å². The molecule has 0 rings (SSSR count). The monoisotopic (exact) mass is 234 g/mol. The predicted octanol–water partition coefficient (Wildman–Crippen LogP) is 0.666. The Bertz CT molecular complexity index is 172. The van der Waals surface area contributed by atoms with Gasteiger partial charge < -0.3 is 20.4 Å². The fourth-order valence-electron chi connectivity index (χ4n) is 1.55. The zero-order chi connectivity index (χ0) is 12.7. The molecule has 0 aromatic carbocycles. The quantitative estimate of drug-likeness (QED) is 0.497. The molecule has 0 aromatic heterocycles. The van der Waals surface area contributed by atoms with Gasteiger partial charge in [-0.3, -0.25) is 0 Å². The fourth-order valence-corrected chi connectivity index (χ4v) is 1.55. The van der Waals surface area contributed by atoms with Gasteiger partial charge in [0.05, 0.1) is 24.4 Å². The minimum absolute atomic E-state index is 0.191. The van der Waals surface area contributed by atoms with Crippen molar-refractivity contribution in [3.8, 4) is 0 Å². The van der Waals surface area contributed by atoms with E-state index in [1.54, 1.807) is 13.8 Å². The molecule has 0 aliphatic heterocycles. The van der Waals surface area contributed by atoms with Crippen LogP contribution >= 0.6 is 0 Å². The first kappa shape index (κ1) is 15.8. The van der Waals surface area contributed by atoms with Crippen LogP contribution in [0.25, 0.3) is 0 Å². The Kier molecular flexibility index (Phi) is 7.93. The summed E-state index contributed by atoms with van der Waals surface area (Å²) in [5.41, 5.74) is 0. The van der Waals surface area contributed by atoms with Gasteiger partial charge in [0.15, 0.2) is 0 Å². The third kappa shape index (κ3) is 6.43. The van der Waals surface area contributed by atoms with Crippen molar-refractivity contribution >= 4 is 0 Å². The van der Waals surface area contributed by atoms with Gasteiger partial charge in [-0.25, -0.2) is 0 Å². The second kappa shape index (κ2) is 8.01. The highest BCUT2D eigenvalue weighted by Crippen LogP contribution is 2.16. The maximum absolute atomic E-state index is 9.69. The molecule has 5 atom stereocenters. The molecule has 0 aliphatic carbocycles. The average Bonchev–Trinajstić information content (AvgIpc) is 2.24. The normalized spacial score (nSPS) is 21.2. The van der Waals surface area contributed by atoms with E-state index < -0.39 is 24.4 Å². The van der Waals surface area contributed by atoms with Crippen LogP contribution in [0.1, 0.15) is 46.5 Å². The zero-order valence-electron chi connectivity index (χ0n) is 10.5. The van der Waals surface area contributed by atoms with Crippen molar-refractivity contribution in [3.63, 3.8) is 0 Å². The zero-order valence-corrected chi connectivity index (χ0v) is 10.5. The standard InChI is InChI=1S/C12H26O4/c1-4-10(14)7-11(15)5-6-12(16)8(2)9(3)13/h8-16H,4-7H2,1-3H3. The molecule has 0 heterocycles. The molecule has 0 fully saturated rings. The van der Waals surface area contributed by atoms with Crippen LogP contribution in [0, 0.1) is 5.92 Å². The van der Waals surface area contributed by atoms with Crippen LogP contribution in [0.2, 0.25) is 0 Å². The van der Waals surface area contributed by atoms with Gasteiger partial charge >= 0.3 is 0 Å². The Morgan fingerprint density at radius 3 is 1.88 bits per heavy atom. The average molecular weight is 234 g/mol. The topological polar surface area (TPSA) is 80.9 Å². The van der Waals surface area contributed by atoms with Gasteiger partial charge in [0, 0.05) is 5.92 Å². The van der Waals surface area contributed by atoms with E-state index in [1.165, 1.54) is 0 Å². The number of aliphatic hydroxyl groups is 4. The maximum atomic E-state index is 9.69. The summed E-state index contributed by atoms with van der Waals surface area (Å²) < 4.78 is 0. The van der Waals surface area contributed by atoms with Gasteiger partial charge in [-0.15, -0.1) is 0 Å². The van der Waals surface area contributed by atoms with E-state index >= 15 is 0 Å². The largest absolute Gasteiger partial charge is 0.393 e. The lowest BCUT2D eigenvalue weighted by Gasteiger charge is -2.22. The lowest BCUT2D eigenvalue weighted by Crippen LogP contribution is -2.28. The molecule has 0 amide bonds. The number of hydrogen-bond donors (Lipinski definition) is 4. The van der Waals surface area contributed by atoms with E-state index in [-0.39, 0.29) is 5.92 Å². The summed E-state index contributed by atoms with van der Waals surface area (Å²) in [5.74, 6) is -0.191. The van der Waals surface area contributed by atoms with Gasteiger partial charge in [0.25, 0.3) is 0 Å². The van der Waals surface area contributed by atoms with Crippen LogP contribution < -0.4 is 0 Å². The summed E-state index contributed by atoms with van der Waals surface area (Å²) >= 11 is 0. The van der Waals surface area contributed by atoms with Crippen LogP contribution in [0.4, 0.5) is 0 Å². The van der Waals surface area contributed by atoms with E-state index in [9.17, 15) is 20.4 Å². The lowest BCUT2D eigenvalue weighted by atomic mass is 9.93. The van der Waals surface area contributed by atoms with Crippen molar-refractivity contribution in [2.24, 2.45) is 5.92 Å². The first-order valence-corrected chi connectivity index (χ1v) is 6.10. The molecule has 0 spiro atoms. The van der Waals surface area contributed by atoms with Crippen molar-refractivity contribution in [1.29, 1.82) is 0 Å². The summed E-state index contributed by atoms with van der Waals surface area (Å²) in [6, 6.07) is 0. The van der Waals surface area contributed by atoms with E-state index in [2.05, 4.69) is 0 Å². The molecule has 4 N–H and O–H groups in total. The van der Waals surface area contributed by atoms with E-state index in [4.69, 9.17) is 0 Å². The molecular weight excluding hydrogens is 208 g/mol. The van der Waals surface area contributed by atoms with Crippen molar-refractivity contribution in [3.05, 3.63) is 0 Å². The molecule has 0 bridgehead atoms. The first-order chi connectivity index (χ1) is 7.38. The molecule has 98 valence electrons. The summed E-state index contributed by atoms with van der Waals surface area (Å²) in [5, 5.41) is 37.9. The summed E-state index contributed by atoms with van der Waals surface area (Å²) in [6.07, 6.45) is -0.316. The molecule has 0 radical (unpaired) electrons. The van der Waals surface area contributed by atoms with Crippen LogP contribution in [-0.2, 0) is 0 Å². The van der Waals surface area contributed by atoms with Crippen LogP contribution in [0.5, 0.6) is 0 Å². The Morgan fingerprint density at radius 2 is 1.44 bits per heavy atom. The summed E-state index contributed by atoms with van der Waals surface area (Å²) in [4.78, 5) is 0. The SMILES string of the molecule is CCC(O)CC(O)CCC(O)C(C)C(C)O. The molecule has 4 heteroatoms. The third-order valence-corrected chi connectivity index (χ3v) is 3.18. The first-order valence-electron chi connectivity index (χ1n) is 6.10. The minimum Gasteiger partial charge on any atom is -0.393 e. The molecule has 5 unspecified atom stereocenters. The number of aliphatic hydroxyl groups excluding tert-OH is 4. The van der Waals surface area contributed by atoms with Gasteiger partial charge in [-0.05, 0) is 32.6 Å². The Morgan fingerprint density at radius 1 is 0.875 bits per heavy atom. The minimum atomic E-state index is -0.603. The highest BCUT2D eigenvalue weighted by molar-refractivity contribution is 4.71. The third-order valence-electron chi connectivity index (χ3n) is 3.18. The van der Waals surface area contributed by atoms with E-state index in [0.29, 0.717) is 25.7 Å². The predicted molar refractivity (Wildman–Crippen MR) is 63.0 cm³/mol. The highest BCUT2D eigenvalue weighted by Gasteiger charge is 2.20. The van der Waals surface area contributed by atoms with Gasteiger partial charge in [-0.1, -0.05) is 13.8 Å². The van der Waals surface area contributed by atoms with E-state index in [0.717, 1.165) is 0 Å². The second-order valence-corrected chi connectivity index (χ2v) is 4.70. The van der Waals surface area contributed by atoms with Crippen molar-refractivity contribution in [1.82, 2.24) is 0 Å². The van der Waals surface area contributed by atoms with Crippen molar-refractivity contribution < 1.29 is 20.4 Å². The summed E-state index contributed by atoms with van der Waals surface area (Å²) in [7, 11) is 0. The van der Waals surface area contributed by atoms with Crippen molar-refractivity contribution in [2.45, 2.75) is 70.9 Å². The molecule has 0 aliphatic rings. The molecule has 16 heavy (non-hydrogen) atoms. The van der Waals surface area contributed by atoms with Gasteiger partial charge in [0.1, 0.15) is 0 Å². The van der Waals surface area contributed by atoms with Crippen LogP contribution in [0.15, 0.2) is 0 Å². The maximum Gasteiger partial charge on any atom is 0.0591 e. The number of hydrogen-bond acceptors (Lipinski definition) is 4.